The predicted octanol–water partition coefficient (Wildman–Crippen LogP) is 2.54. The first-order valence-electron chi connectivity index (χ1n) is 7.85. The number of rotatable bonds is 4. The highest BCUT2D eigenvalue weighted by Crippen LogP contribution is 2.47. The zero-order valence-corrected chi connectivity index (χ0v) is 12.9. The highest BCUT2D eigenvalue weighted by Gasteiger charge is 2.45. The van der Waals surface area contributed by atoms with E-state index in [1.54, 1.807) is 12.4 Å². The van der Waals surface area contributed by atoms with Gasteiger partial charge in [-0.3, -0.25) is 19.6 Å². The minimum Gasteiger partial charge on any atom is -0.481 e. The van der Waals surface area contributed by atoms with E-state index in [9.17, 15) is 9.59 Å². The summed E-state index contributed by atoms with van der Waals surface area (Å²) in [6, 6.07) is 11.2. The second kappa shape index (κ2) is 6.78. The Balaban J connectivity index is 0.000000141. The van der Waals surface area contributed by atoms with E-state index < -0.39 is 11.9 Å². The fraction of sp³-hybridized carbons (Fsp3) is 0.333. The Hall–Kier alpha value is -2.76. The Bertz CT molecular complexity index is 657. The summed E-state index contributed by atoms with van der Waals surface area (Å²) in [6.07, 6.45) is 4.89. The van der Waals surface area contributed by atoms with Gasteiger partial charge in [0.2, 0.25) is 0 Å². The van der Waals surface area contributed by atoms with Crippen LogP contribution in [0.15, 0.2) is 48.8 Å². The largest absolute Gasteiger partial charge is 0.481 e. The molecule has 24 heavy (non-hydrogen) atoms. The molecule has 2 fully saturated rings. The van der Waals surface area contributed by atoms with Gasteiger partial charge in [-0.15, -0.1) is 0 Å². The van der Waals surface area contributed by atoms with E-state index >= 15 is 0 Å². The molecule has 0 saturated heterocycles. The highest BCUT2D eigenvalue weighted by molar-refractivity contribution is 5.75. The van der Waals surface area contributed by atoms with Crippen molar-refractivity contribution in [1.82, 2.24) is 9.97 Å². The molecular formula is C18H18N2O4. The zero-order chi connectivity index (χ0) is 17.1. The number of hydrogen-bond donors (Lipinski definition) is 2. The molecule has 0 amide bonds. The van der Waals surface area contributed by atoms with Crippen molar-refractivity contribution in [3.8, 4) is 0 Å². The Morgan fingerprint density at radius 2 is 1.21 bits per heavy atom. The number of aliphatic carboxylic acids is 2. The third-order valence-electron chi connectivity index (χ3n) is 4.35. The fourth-order valence-electron chi connectivity index (χ4n) is 2.78. The molecule has 0 unspecified atom stereocenters. The van der Waals surface area contributed by atoms with Gasteiger partial charge < -0.3 is 10.2 Å². The summed E-state index contributed by atoms with van der Waals surface area (Å²) in [5.41, 5.74) is 1.81. The van der Waals surface area contributed by atoms with Crippen LogP contribution < -0.4 is 0 Å². The van der Waals surface area contributed by atoms with Gasteiger partial charge in [-0.1, -0.05) is 12.1 Å². The summed E-state index contributed by atoms with van der Waals surface area (Å²) >= 11 is 0. The van der Waals surface area contributed by atoms with E-state index in [2.05, 4.69) is 9.97 Å². The summed E-state index contributed by atoms with van der Waals surface area (Å²) in [4.78, 5) is 29.3. The van der Waals surface area contributed by atoms with Crippen molar-refractivity contribution in [3.05, 3.63) is 60.2 Å². The van der Waals surface area contributed by atoms with Crippen LogP contribution in [-0.2, 0) is 9.59 Å². The lowest BCUT2D eigenvalue weighted by Crippen LogP contribution is -1.99. The van der Waals surface area contributed by atoms with Crippen molar-refractivity contribution in [3.63, 3.8) is 0 Å². The molecule has 6 heteroatoms. The molecule has 2 N–H and O–H groups in total. The smallest absolute Gasteiger partial charge is 0.307 e. The van der Waals surface area contributed by atoms with Crippen molar-refractivity contribution in [2.24, 2.45) is 11.8 Å². The predicted molar refractivity (Wildman–Crippen MR) is 85.4 cm³/mol. The number of aromatic nitrogens is 2. The van der Waals surface area contributed by atoms with Crippen LogP contribution in [0.5, 0.6) is 0 Å². The molecule has 6 nitrogen and oxygen atoms in total. The molecule has 4 rings (SSSR count). The van der Waals surface area contributed by atoms with Gasteiger partial charge in [0.1, 0.15) is 0 Å². The third-order valence-corrected chi connectivity index (χ3v) is 4.35. The lowest BCUT2D eigenvalue weighted by atomic mass is 10.2. The molecule has 4 atom stereocenters. The first-order chi connectivity index (χ1) is 11.6. The molecule has 0 radical (unpaired) electrons. The maximum Gasteiger partial charge on any atom is 0.307 e. The first-order valence-corrected chi connectivity index (χ1v) is 7.85. The van der Waals surface area contributed by atoms with Gasteiger partial charge in [-0.05, 0) is 37.1 Å². The topological polar surface area (TPSA) is 100 Å². The first kappa shape index (κ1) is 16.1. The van der Waals surface area contributed by atoms with Gasteiger partial charge in [-0.2, -0.15) is 0 Å². The number of carboxylic acid groups (broad SMARTS) is 2. The maximum absolute atomic E-state index is 10.5. The van der Waals surface area contributed by atoms with E-state index in [-0.39, 0.29) is 23.7 Å². The fourth-order valence-corrected chi connectivity index (χ4v) is 2.78. The van der Waals surface area contributed by atoms with Gasteiger partial charge in [0.05, 0.1) is 11.8 Å². The van der Waals surface area contributed by atoms with E-state index in [1.807, 2.05) is 36.4 Å². The summed E-state index contributed by atoms with van der Waals surface area (Å²) in [6.45, 7) is 0. The minimum atomic E-state index is -0.703. The van der Waals surface area contributed by atoms with Gasteiger partial charge in [0.15, 0.2) is 0 Å². The van der Waals surface area contributed by atoms with Crippen molar-refractivity contribution in [2.75, 3.05) is 0 Å². The van der Waals surface area contributed by atoms with Gasteiger partial charge in [0.25, 0.3) is 0 Å². The van der Waals surface area contributed by atoms with Gasteiger partial charge in [0, 0.05) is 35.6 Å². The number of pyridine rings is 2. The Morgan fingerprint density at radius 1 is 0.792 bits per heavy atom. The average molecular weight is 326 g/mol. The summed E-state index contributed by atoms with van der Waals surface area (Å²) in [7, 11) is 0. The standard InChI is InChI=1S/2C9H9NO2/c2*11-9(12)7-5-6(7)8-3-1-2-4-10-8/h2*1-4,6-7H,5H2,(H,11,12)/t2*6-,7-/m10/s1. The second-order valence-electron chi connectivity index (χ2n) is 6.08. The van der Waals surface area contributed by atoms with E-state index in [0.717, 1.165) is 24.2 Å². The number of carbonyl (C=O) groups is 2. The van der Waals surface area contributed by atoms with Crippen molar-refractivity contribution in [2.45, 2.75) is 24.7 Å². The molecule has 0 spiro atoms. The van der Waals surface area contributed by atoms with Crippen LogP contribution in [0.2, 0.25) is 0 Å². The lowest BCUT2D eigenvalue weighted by molar-refractivity contribution is -0.139. The zero-order valence-electron chi connectivity index (χ0n) is 12.9. The monoisotopic (exact) mass is 326 g/mol. The van der Waals surface area contributed by atoms with Crippen molar-refractivity contribution in [1.29, 1.82) is 0 Å². The molecule has 2 aliphatic carbocycles. The maximum atomic E-state index is 10.5. The SMILES string of the molecule is O=C(O)[C@@H]1C[C@H]1c1ccccn1.O=C(O)[C@H]1C[C@@H]1c1ccccn1. The van der Waals surface area contributed by atoms with E-state index in [4.69, 9.17) is 10.2 Å². The average Bonchev–Trinajstić information content (AvgIpc) is 3.49. The van der Waals surface area contributed by atoms with Gasteiger partial charge >= 0.3 is 11.9 Å². The molecule has 0 aliphatic heterocycles. The van der Waals surface area contributed by atoms with Crippen LogP contribution in [0.3, 0.4) is 0 Å². The Labute approximate surface area is 139 Å². The Morgan fingerprint density at radius 3 is 1.46 bits per heavy atom. The molecule has 2 heterocycles. The third kappa shape index (κ3) is 3.76. The number of nitrogens with zero attached hydrogens (tertiary/aromatic N) is 2. The molecule has 2 aliphatic rings. The Kier molecular flexibility index (Phi) is 4.55. The molecule has 0 aromatic carbocycles. The summed E-state index contributed by atoms with van der Waals surface area (Å²) < 4.78 is 0. The second-order valence-corrected chi connectivity index (χ2v) is 6.08. The van der Waals surface area contributed by atoms with Crippen molar-refractivity contribution >= 4 is 11.9 Å². The molecule has 124 valence electrons. The normalized spacial score (nSPS) is 26.7. The van der Waals surface area contributed by atoms with Crippen LogP contribution in [-0.4, -0.2) is 32.1 Å². The molecule has 2 aromatic heterocycles. The van der Waals surface area contributed by atoms with Crippen LogP contribution in [0.1, 0.15) is 36.1 Å². The van der Waals surface area contributed by atoms with E-state index in [0.29, 0.717) is 0 Å². The van der Waals surface area contributed by atoms with Crippen LogP contribution in [0, 0.1) is 11.8 Å². The van der Waals surface area contributed by atoms with Crippen LogP contribution in [0.25, 0.3) is 0 Å². The van der Waals surface area contributed by atoms with Gasteiger partial charge in [-0.25, -0.2) is 0 Å². The van der Waals surface area contributed by atoms with Crippen LogP contribution in [0.4, 0.5) is 0 Å². The van der Waals surface area contributed by atoms with Crippen molar-refractivity contribution < 1.29 is 19.8 Å². The number of hydrogen-bond acceptors (Lipinski definition) is 4. The quantitative estimate of drug-likeness (QED) is 0.895. The lowest BCUT2D eigenvalue weighted by Gasteiger charge is -1.94. The van der Waals surface area contributed by atoms with E-state index in [1.165, 1.54) is 0 Å². The molecule has 2 aromatic rings. The molecular weight excluding hydrogens is 308 g/mol. The summed E-state index contributed by atoms with van der Waals surface area (Å²) in [5.74, 6) is -1.48. The summed E-state index contributed by atoms with van der Waals surface area (Å²) in [5, 5.41) is 17.3. The highest BCUT2D eigenvalue weighted by atomic mass is 16.4. The minimum absolute atomic E-state index is 0.156. The molecule has 2 saturated carbocycles. The van der Waals surface area contributed by atoms with Crippen LogP contribution >= 0.6 is 0 Å². The number of carboxylic acids is 2. The molecule has 0 bridgehead atoms.